The van der Waals surface area contributed by atoms with E-state index in [0.717, 1.165) is 13.1 Å². The van der Waals surface area contributed by atoms with Crippen LogP contribution < -0.4 is 21.3 Å². The molecule has 0 atom stereocenters. The minimum absolute atomic E-state index is 0.0187. The standard InChI is InChI=1S/C10H22N4O4/c15-9(16)7-13-5-3-11-1-2-12-4-6-14-8-10(17)18/h11-14H,1-8H2,(H,15,16)(H,17,18). The highest BCUT2D eigenvalue weighted by Gasteiger charge is 1.95. The molecule has 0 unspecified atom stereocenters. The molecule has 0 saturated heterocycles. The maximum absolute atomic E-state index is 10.2. The van der Waals surface area contributed by atoms with Crippen molar-refractivity contribution in [2.24, 2.45) is 0 Å². The highest BCUT2D eigenvalue weighted by molar-refractivity contribution is 5.69. The third-order valence-corrected chi connectivity index (χ3v) is 1.99. The Bertz CT molecular complexity index is 214. The molecule has 0 spiro atoms. The molecule has 106 valence electrons. The largest absolute Gasteiger partial charge is 0.480 e. The van der Waals surface area contributed by atoms with E-state index in [1.54, 1.807) is 0 Å². The van der Waals surface area contributed by atoms with Gasteiger partial charge in [-0.2, -0.15) is 0 Å². The molecular weight excluding hydrogens is 240 g/mol. The summed E-state index contributed by atoms with van der Waals surface area (Å²) in [6, 6.07) is 0. The lowest BCUT2D eigenvalue weighted by molar-refractivity contribution is -0.136. The lowest BCUT2D eigenvalue weighted by Crippen LogP contribution is -2.36. The molecule has 0 aliphatic heterocycles. The second-order valence-electron chi connectivity index (χ2n) is 3.64. The zero-order valence-electron chi connectivity index (χ0n) is 10.4. The number of carbonyl (C=O) groups is 2. The molecule has 0 aromatic carbocycles. The van der Waals surface area contributed by atoms with Crippen molar-refractivity contribution in [3.8, 4) is 0 Å². The third-order valence-electron chi connectivity index (χ3n) is 1.99. The van der Waals surface area contributed by atoms with Gasteiger partial charge >= 0.3 is 11.9 Å². The molecule has 0 rings (SSSR count). The molecule has 0 aliphatic rings. The van der Waals surface area contributed by atoms with Crippen LogP contribution in [0.5, 0.6) is 0 Å². The molecule has 0 heterocycles. The minimum atomic E-state index is -0.856. The summed E-state index contributed by atoms with van der Waals surface area (Å²) in [5.74, 6) is -1.71. The zero-order chi connectivity index (χ0) is 13.6. The summed E-state index contributed by atoms with van der Waals surface area (Å²) in [4.78, 5) is 20.3. The molecule has 0 aromatic rings. The smallest absolute Gasteiger partial charge is 0.317 e. The molecule has 0 saturated carbocycles. The van der Waals surface area contributed by atoms with Crippen LogP contribution in [-0.4, -0.2) is 74.5 Å². The average Bonchev–Trinajstić information content (AvgIpc) is 2.29. The van der Waals surface area contributed by atoms with Crippen molar-refractivity contribution in [1.82, 2.24) is 21.3 Å². The van der Waals surface area contributed by atoms with Crippen LogP contribution in [0.2, 0.25) is 0 Å². The van der Waals surface area contributed by atoms with E-state index in [1.165, 1.54) is 0 Å². The molecule has 0 fully saturated rings. The van der Waals surface area contributed by atoms with E-state index in [9.17, 15) is 9.59 Å². The van der Waals surface area contributed by atoms with Crippen LogP contribution in [0.15, 0.2) is 0 Å². The number of carboxylic acids is 2. The molecule has 18 heavy (non-hydrogen) atoms. The quantitative estimate of drug-likeness (QED) is 0.202. The van der Waals surface area contributed by atoms with Gasteiger partial charge in [0.15, 0.2) is 0 Å². The van der Waals surface area contributed by atoms with Gasteiger partial charge in [-0.05, 0) is 0 Å². The van der Waals surface area contributed by atoms with E-state index in [-0.39, 0.29) is 13.1 Å². The van der Waals surface area contributed by atoms with E-state index >= 15 is 0 Å². The number of nitrogens with one attached hydrogen (secondary N) is 4. The SMILES string of the molecule is O=C(O)CNCCNCCNCCNCC(=O)O. The van der Waals surface area contributed by atoms with E-state index in [1.807, 2.05) is 0 Å². The summed E-state index contributed by atoms with van der Waals surface area (Å²) < 4.78 is 0. The fourth-order valence-corrected chi connectivity index (χ4v) is 1.17. The summed E-state index contributed by atoms with van der Waals surface area (Å²) in [6.07, 6.45) is 0. The molecule has 8 heteroatoms. The van der Waals surface area contributed by atoms with Crippen LogP contribution >= 0.6 is 0 Å². The minimum Gasteiger partial charge on any atom is -0.480 e. The average molecular weight is 262 g/mol. The fraction of sp³-hybridized carbons (Fsp3) is 0.800. The maximum atomic E-state index is 10.2. The van der Waals surface area contributed by atoms with Crippen LogP contribution in [0.3, 0.4) is 0 Å². The van der Waals surface area contributed by atoms with E-state index in [0.29, 0.717) is 26.2 Å². The summed E-state index contributed by atoms with van der Waals surface area (Å²) in [5, 5.41) is 28.5. The van der Waals surface area contributed by atoms with Crippen LogP contribution in [0.25, 0.3) is 0 Å². The predicted octanol–water partition coefficient (Wildman–Crippen LogP) is -2.49. The number of carboxylic acid groups (broad SMARTS) is 2. The molecule has 0 radical (unpaired) electrons. The van der Waals surface area contributed by atoms with Gasteiger partial charge in [0, 0.05) is 39.3 Å². The van der Waals surface area contributed by atoms with Crippen molar-refractivity contribution in [2.45, 2.75) is 0 Å². The summed E-state index contributed by atoms with van der Waals surface area (Å²) in [6.45, 7) is 4.20. The topological polar surface area (TPSA) is 123 Å². The third kappa shape index (κ3) is 14.8. The van der Waals surface area contributed by atoms with Crippen molar-refractivity contribution in [3.63, 3.8) is 0 Å². The Morgan fingerprint density at radius 1 is 0.611 bits per heavy atom. The van der Waals surface area contributed by atoms with Gasteiger partial charge in [-0.3, -0.25) is 9.59 Å². The Balaban J connectivity index is 2.99. The van der Waals surface area contributed by atoms with Gasteiger partial charge in [0.2, 0.25) is 0 Å². The van der Waals surface area contributed by atoms with Crippen molar-refractivity contribution >= 4 is 11.9 Å². The van der Waals surface area contributed by atoms with Crippen molar-refractivity contribution in [2.75, 3.05) is 52.4 Å². The van der Waals surface area contributed by atoms with Crippen LogP contribution in [0.1, 0.15) is 0 Å². The molecular formula is C10H22N4O4. The van der Waals surface area contributed by atoms with Crippen LogP contribution in [0, 0.1) is 0 Å². The Morgan fingerprint density at radius 3 is 1.17 bits per heavy atom. The molecule has 6 N–H and O–H groups in total. The second-order valence-corrected chi connectivity index (χ2v) is 3.64. The number of hydrogen-bond acceptors (Lipinski definition) is 6. The summed E-state index contributed by atoms with van der Waals surface area (Å²) in [7, 11) is 0. The van der Waals surface area contributed by atoms with Gasteiger partial charge in [0.1, 0.15) is 0 Å². The van der Waals surface area contributed by atoms with Crippen LogP contribution in [0.4, 0.5) is 0 Å². The van der Waals surface area contributed by atoms with Gasteiger partial charge in [0.05, 0.1) is 13.1 Å². The van der Waals surface area contributed by atoms with E-state index < -0.39 is 11.9 Å². The van der Waals surface area contributed by atoms with Crippen molar-refractivity contribution in [1.29, 1.82) is 0 Å². The monoisotopic (exact) mass is 262 g/mol. The first kappa shape index (κ1) is 16.8. The number of aliphatic carboxylic acids is 2. The Kier molecular flexibility index (Phi) is 11.4. The molecule has 8 nitrogen and oxygen atoms in total. The van der Waals surface area contributed by atoms with Gasteiger partial charge in [0.25, 0.3) is 0 Å². The van der Waals surface area contributed by atoms with Crippen molar-refractivity contribution in [3.05, 3.63) is 0 Å². The predicted molar refractivity (Wildman–Crippen MR) is 66.8 cm³/mol. The fourth-order valence-electron chi connectivity index (χ4n) is 1.17. The molecule has 0 aromatic heterocycles. The summed E-state index contributed by atoms with van der Waals surface area (Å²) in [5.41, 5.74) is 0. The first-order chi connectivity index (χ1) is 8.63. The lowest BCUT2D eigenvalue weighted by atomic mass is 10.5. The van der Waals surface area contributed by atoms with E-state index in [4.69, 9.17) is 10.2 Å². The molecule has 0 amide bonds. The normalized spacial score (nSPS) is 10.4. The Morgan fingerprint density at radius 2 is 0.889 bits per heavy atom. The zero-order valence-corrected chi connectivity index (χ0v) is 10.4. The van der Waals surface area contributed by atoms with Crippen molar-refractivity contribution < 1.29 is 19.8 Å². The Hall–Kier alpha value is -1.22. The first-order valence-electron chi connectivity index (χ1n) is 5.89. The highest BCUT2D eigenvalue weighted by atomic mass is 16.4. The second kappa shape index (κ2) is 12.2. The highest BCUT2D eigenvalue weighted by Crippen LogP contribution is 1.64. The molecule has 0 aliphatic carbocycles. The number of rotatable bonds is 13. The maximum Gasteiger partial charge on any atom is 0.317 e. The van der Waals surface area contributed by atoms with Gasteiger partial charge in [-0.25, -0.2) is 0 Å². The van der Waals surface area contributed by atoms with Gasteiger partial charge in [-0.15, -0.1) is 0 Å². The first-order valence-corrected chi connectivity index (χ1v) is 5.89. The molecule has 0 bridgehead atoms. The van der Waals surface area contributed by atoms with Gasteiger partial charge < -0.3 is 31.5 Å². The number of hydrogen-bond donors (Lipinski definition) is 6. The van der Waals surface area contributed by atoms with Crippen LogP contribution in [-0.2, 0) is 9.59 Å². The van der Waals surface area contributed by atoms with E-state index in [2.05, 4.69) is 21.3 Å². The summed E-state index contributed by atoms with van der Waals surface area (Å²) >= 11 is 0. The van der Waals surface area contributed by atoms with Gasteiger partial charge in [-0.1, -0.05) is 0 Å². The Labute approximate surface area is 106 Å². The lowest BCUT2D eigenvalue weighted by Gasteiger charge is -2.07.